The summed E-state index contributed by atoms with van der Waals surface area (Å²) in [6, 6.07) is 14.8. The van der Waals surface area contributed by atoms with E-state index >= 15 is 0 Å². The number of aliphatic hydroxyl groups is 1. The summed E-state index contributed by atoms with van der Waals surface area (Å²) in [5.74, 6) is -1.90. The van der Waals surface area contributed by atoms with E-state index in [0.29, 0.717) is 18.5 Å². The molecular formula is C24H28N3NaO8S. The fourth-order valence-electron chi connectivity index (χ4n) is 3.87. The third kappa shape index (κ3) is 9.72. The molecule has 1 aliphatic rings. The molecule has 0 bridgehead atoms. The number of hydrogen-bond donors (Lipinski definition) is 4. The molecule has 0 radical (unpaired) electrons. The van der Waals surface area contributed by atoms with E-state index in [1.54, 1.807) is 54.6 Å². The number of amides is 3. The standard InChI is InChI=1S/C24H29N3O8S.Na/c28-21-18(11-12-25-21)14-20(23(30)36(32,33)34)26-22(29)19(13-16-7-3-1-4-8-16)27-24(31)35-15-17-9-5-2-6-10-17;/h1-10,18-20,23,30H,11-15H2,(H,25,28)(H,26,29)(H,27,31)(H,32,33,34);/q;+1/p-1/t18-,19-,20-,23?;/m0./s1. The van der Waals surface area contributed by atoms with Gasteiger partial charge in [0.15, 0.2) is 5.44 Å². The Morgan fingerprint density at radius 3 is 2.19 bits per heavy atom. The van der Waals surface area contributed by atoms with Crippen LogP contribution in [0.4, 0.5) is 4.79 Å². The predicted octanol–water partition coefficient (Wildman–Crippen LogP) is -2.60. The van der Waals surface area contributed by atoms with E-state index in [1.807, 2.05) is 6.07 Å². The Morgan fingerprint density at radius 1 is 1.05 bits per heavy atom. The number of nitrogens with one attached hydrogen (secondary N) is 3. The zero-order valence-electron chi connectivity index (χ0n) is 20.3. The zero-order valence-corrected chi connectivity index (χ0v) is 23.1. The number of ether oxygens (including phenoxy) is 1. The average Bonchev–Trinajstić information content (AvgIpc) is 3.26. The van der Waals surface area contributed by atoms with Gasteiger partial charge in [-0.25, -0.2) is 13.2 Å². The number of carbonyl (C=O) groups is 3. The van der Waals surface area contributed by atoms with Crippen LogP contribution in [0, 0.1) is 5.92 Å². The smallest absolute Gasteiger partial charge is 0.746 e. The molecule has 1 aliphatic heterocycles. The summed E-state index contributed by atoms with van der Waals surface area (Å²) in [4.78, 5) is 37.6. The molecule has 1 heterocycles. The molecule has 2 aromatic carbocycles. The van der Waals surface area contributed by atoms with Crippen LogP contribution in [0.1, 0.15) is 24.0 Å². The summed E-state index contributed by atoms with van der Waals surface area (Å²) in [7, 11) is -5.21. The summed E-state index contributed by atoms with van der Waals surface area (Å²) in [5, 5.41) is 17.5. The second-order valence-electron chi connectivity index (χ2n) is 8.46. The van der Waals surface area contributed by atoms with Crippen molar-refractivity contribution in [2.75, 3.05) is 6.54 Å². The molecule has 2 aromatic rings. The molecule has 0 spiro atoms. The van der Waals surface area contributed by atoms with E-state index in [4.69, 9.17) is 4.74 Å². The van der Waals surface area contributed by atoms with Crippen LogP contribution in [0.2, 0.25) is 0 Å². The first kappa shape index (κ1) is 30.7. The minimum absolute atomic E-state index is 0. The Kier molecular flexibility index (Phi) is 12.0. The second-order valence-corrected chi connectivity index (χ2v) is 9.93. The maximum absolute atomic E-state index is 13.2. The Balaban J connectivity index is 0.00000481. The number of benzene rings is 2. The molecular weight excluding hydrogens is 513 g/mol. The van der Waals surface area contributed by atoms with Gasteiger partial charge in [-0.05, 0) is 24.0 Å². The SMILES string of the molecule is O=C(N[C@@H](Cc1ccccc1)C(=O)N[C@@H](C[C@@H]1CCNC1=O)C(O)S(=O)(=O)[O-])OCc1ccccc1.[Na+]. The van der Waals surface area contributed by atoms with Crippen molar-refractivity contribution in [1.82, 2.24) is 16.0 Å². The van der Waals surface area contributed by atoms with Gasteiger partial charge in [0.05, 0.1) is 6.04 Å². The van der Waals surface area contributed by atoms with Crippen molar-refractivity contribution in [1.29, 1.82) is 0 Å². The van der Waals surface area contributed by atoms with Crippen LogP contribution < -0.4 is 45.5 Å². The molecule has 194 valence electrons. The molecule has 3 rings (SSSR count). The van der Waals surface area contributed by atoms with Gasteiger partial charge in [-0.1, -0.05) is 60.7 Å². The fourth-order valence-corrected chi connectivity index (χ4v) is 4.46. The van der Waals surface area contributed by atoms with Crippen LogP contribution in [0.5, 0.6) is 0 Å². The number of carbonyl (C=O) groups excluding carboxylic acids is 3. The van der Waals surface area contributed by atoms with Gasteiger partial charge in [-0.2, -0.15) is 0 Å². The molecule has 37 heavy (non-hydrogen) atoms. The van der Waals surface area contributed by atoms with Gasteiger partial charge in [-0.3, -0.25) is 9.59 Å². The first-order chi connectivity index (χ1) is 17.1. The van der Waals surface area contributed by atoms with E-state index < -0.39 is 45.6 Å². The van der Waals surface area contributed by atoms with Crippen molar-refractivity contribution in [2.24, 2.45) is 5.92 Å². The van der Waals surface area contributed by atoms with Crippen molar-refractivity contribution in [3.8, 4) is 0 Å². The summed E-state index contributed by atoms with van der Waals surface area (Å²) < 4.78 is 39.8. The third-order valence-electron chi connectivity index (χ3n) is 5.77. The molecule has 4 atom stereocenters. The van der Waals surface area contributed by atoms with E-state index in [-0.39, 0.29) is 54.9 Å². The number of alkyl carbamates (subject to hydrolysis) is 1. The molecule has 3 amide bonds. The minimum Gasteiger partial charge on any atom is -0.746 e. The third-order valence-corrected chi connectivity index (χ3v) is 6.69. The molecule has 0 aliphatic carbocycles. The minimum atomic E-state index is -5.21. The molecule has 1 fully saturated rings. The van der Waals surface area contributed by atoms with Gasteiger partial charge in [0.25, 0.3) is 0 Å². The Bertz CT molecular complexity index is 1150. The molecule has 1 unspecified atom stereocenters. The monoisotopic (exact) mass is 541 g/mol. The number of hydrogen-bond acceptors (Lipinski definition) is 8. The van der Waals surface area contributed by atoms with Gasteiger partial charge in [0.2, 0.25) is 11.8 Å². The topological polar surface area (TPSA) is 174 Å². The van der Waals surface area contributed by atoms with Crippen LogP contribution in [0.3, 0.4) is 0 Å². The maximum atomic E-state index is 13.2. The molecule has 0 aromatic heterocycles. The molecule has 4 N–H and O–H groups in total. The molecule has 0 saturated carbocycles. The second kappa shape index (κ2) is 14.5. The van der Waals surface area contributed by atoms with Gasteiger partial charge >= 0.3 is 35.7 Å². The largest absolute Gasteiger partial charge is 1.00 e. The van der Waals surface area contributed by atoms with E-state index in [9.17, 15) is 32.5 Å². The van der Waals surface area contributed by atoms with Gasteiger partial charge < -0.3 is 30.3 Å². The van der Waals surface area contributed by atoms with Crippen LogP contribution in [-0.2, 0) is 37.5 Å². The Labute approximate surface area is 237 Å². The Morgan fingerprint density at radius 2 is 1.65 bits per heavy atom. The van der Waals surface area contributed by atoms with Crippen LogP contribution in [0.25, 0.3) is 0 Å². The normalized spacial score (nSPS) is 17.5. The van der Waals surface area contributed by atoms with Gasteiger partial charge in [0.1, 0.15) is 22.8 Å². The van der Waals surface area contributed by atoms with Crippen LogP contribution >= 0.6 is 0 Å². The Hall–Kier alpha value is -2.48. The van der Waals surface area contributed by atoms with Gasteiger partial charge in [-0.15, -0.1) is 0 Å². The quantitative estimate of drug-likeness (QED) is 0.177. The van der Waals surface area contributed by atoms with Crippen LogP contribution in [0.15, 0.2) is 60.7 Å². The number of rotatable bonds is 11. The van der Waals surface area contributed by atoms with E-state index in [1.165, 1.54) is 0 Å². The molecule has 11 nitrogen and oxygen atoms in total. The first-order valence-corrected chi connectivity index (χ1v) is 12.8. The molecule has 1 saturated heterocycles. The predicted molar refractivity (Wildman–Crippen MR) is 127 cm³/mol. The summed E-state index contributed by atoms with van der Waals surface area (Å²) in [6.45, 7) is 0.314. The average molecular weight is 542 g/mol. The first-order valence-electron chi connectivity index (χ1n) is 11.4. The van der Waals surface area contributed by atoms with Crippen molar-refractivity contribution in [3.05, 3.63) is 71.8 Å². The fraction of sp³-hybridized carbons (Fsp3) is 0.375. The summed E-state index contributed by atoms with van der Waals surface area (Å²) in [6.07, 6.45) is -0.784. The van der Waals surface area contributed by atoms with E-state index in [0.717, 1.165) is 5.56 Å². The van der Waals surface area contributed by atoms with Crippen molar-refractivity contribution < 1.29 is 66.8 Å². The van der Waals surface area contributed by atoms with E-state index in [2.05, 4.69) is 16.0 Å². The van der Waals surface area contributed by atoms with Crippen molar-refractivity contribution >= 4 is 28.0 Å². The van der Waals surface area contributed by atoms with Crippen molar-refractivity contribution in [3.63, 3.8) is 0 Å². The summed E-state index contributed by atoms with van der Waals surface area (Å²) in [5.41, 5.74) is -1.06. The zero-order chi connectivity index (χ0) is 26.1. The molecule has 13 heteroatoms. The van der Waals surface area contributed by atoms with Crippen molar-refractivity contribution in [2.45, 2.75) is 43.4 Å². The van der Waals surface area contributed by atoms with Crippen LogP contribution in [-0.4, -0.2) is 60.0 Å². The van der Waals surface area contributed by atoms with Gasteiger partial charge in [0, 0.05) is 18.9 Å². The maximum Gasteiger partial charge on any atom is 1.00 e. The summed E-state index contributed by atoms with van der Waals surface area (Å²) >= 11 is 0. The number of aliphatic hydroxyl groups excluding tert-OH is 1.